The van der Waals surface area contributed by atoms with Gasteiger partial charge in [0.05, 0.1) is 13.2 Å². The molecule has 2 N–H and O–H groups in total. The molecule has 0 aliphatic rings. The molecular formula is C25H34O6. The van der Waals surface area contributed by atoms with E-state index in [1.807, 2.05) is 24.3 Å². The number of carboxylic acids is 2. The zero-order chi connectivity index (χ0) is 22.7. The summed E-state index contributed by atoms with van der Waals surface area (Å²) in [6.45, 7) is 2.59. The quantitative estimate of drug-likeness (QED) is 0.215. The van der Waals surface area contributed by atoms with E-state index in [2.05, 4.69) is 30.9 Å². The topological polar surface area (TPSA) is 93.1 Å². The Morgan fingerprint density at radius 2 is 1.61 bits per heavy atom. The van der Waals surface area contributed by atoms with E-state index in [0.29, 0.717) is 12.8 Å². The van der Waals surface area contributed by atoms with Gasteiger partial charge < -0.3 is 19.7 Å². The number of carboxylic acid groups (broad SMARTS) is 2. The van der Waals surface area contributed by atoms with Crippen molar-refractivity contribution in [2.75, 3.05) is 13.2 Å². The number of allylic oxidation sites excluding steroid dienone is 1. The van der Waals surface area contributed by atoms with Gasteiger partial charge in [0.1, 0.15) is 0 Å². The fourth-order valence-electron chi connectivity index (χ4n) is 2.75. The van der Waals surface area contributed by atoms with Crippen molar-refractivity contribution in [3.63, 3.8) is 0 Å². The highest BCUT2D eigenvalue weighted by atomic mass is 16.7. The second-order valence-corrected chi connectivity index (χ2v) is 7.18. The summed E-state index contributed by atoms with van der Waals surface area (Å²) < 4.78 is 11.1. The lowest BCUT2D eigenvalue weighted by Gasteiger charge is -2.13. The molecule has 31 heavy (non-hydrogen) atoms. The first kappa shape index (κ1) is 26.4. The molecule has 0 spiro atoms. The third-order valence-electron chi connectivity index (χ3n) is 4.42. The van der Waals surface area contributed by atoms with Gasteiger partial charge in [-0.15, -0.1) is 0 Å². The lowest BCUT2D eigenvalue weighted by atomic mass is 10.1. The maximum Gasteiger partial charge on any atom is 0.303 e. The molecule has 170 valence electrons. The average Bonchev–Trinajstić information content (AvgIpc) is 2.74. The maximum atomic E-state index is 10.6. The fraction of sp³-hybridized carbons (Fsp3) is 0.520. The Bertz CT molecular complexity index is 722. The molecule has 0 saturated carbocycles. The SMILES string of the molecule is CCCCCCC=Cc1ccccc1C#CC(OCCCC(=O)O)OCCCC(=O)O. The monoisotopic (exact) mass is 430 g/mol. The first-order valence-electron chi connectivity index (χ1n) is 11.0. The minimum atomic E-state index is -0.885. The molecule has 0 fully saturated rings. The molecule has 0 aromatic heterocycles. The van der Waals surface area contributed by atoms with Crippen LogP contribution in [0.4, 0.5) is 0 Å². The summed E-state index contributed by atoms with van der Waals surface area (Å²) >= 11 is 0. The lowest BCUT2D eigenvalue weighted by molar-refractivity contribution is -0.139. The van der Waals surface area contributed by atoms with E-state index >= 15 is 0 Å². The lowest BCUT2D eigenvalue weighted by Crippen LogP contribution is -2.17. The van der Waals surface area contributed by atoms with Crippen LogP contribution in [-0.4, -0.2) is 41.7 Å². The summed E-state index contributed by atoms with van der Waals surface area (Å²) in [7, 11) is 0. The van der Waals surface area contributed by atoms with Gasteiger partial charge in [0, 0.05) is 18.4 Å². The molecule has 0 amide bonds. The molecule has 0 bridgehead atoms. The number of carbonyl (C=O) groups is 2. The van der Waals surface area contributed by atoms with Crippen molar-refractivity contribution in [1.29, 1.82) is 0 Å². The van der Waals surface area contributed by atoms with Crippen LogP contribution >= 0.6 is 0 Å². The Balaban J connectivity index is 2.72. The molecule has 0 radical (unpaired) electrons. The Labute approximate surface area is 185 Å². The van der Waals surface area contributed by atoms with Crippen molar-refractivity contribution in [2.24, 2.45) is 0 Å². The highest BCUT2D eigenvalue weighted by molar-refractivity contribution is 5.66. The zero-order valence-electron chi connectivity index (χ0n) is 18.3. The number of rotatable bonds is 16. The first-order chi connectivity index (χ1) is 15.0. The summed E-state index contributed by atoms with van der Waals surface area (Å²) in [6, 6.07) is 7.81. The predicted octanol–water partition coefficient (Wildman–Crippen LogP) is 5.11. The van der Waals surface area contributed by atoms with Gasteiger partial charge in [-0.1, -0.05) is 62.5 Å². The summed E-state index contributed by atoms with van der Waals surface area (Å²) in [5, 5.41) is 17.5. The predicted molar refractivity (Wildman–Crippen MR) is 121 cm³/mol. The number of unbranched alkanes of at least 4 members (excludes halogenated alkanes) is 4. The minimum Gasteiger partial charge on any atom is -0.481 e. The normalized spacial score (nSPS) is 10.9. The number of benzene rings is 1. The number of hydrogen-bond acceptors (Lipinski definition) is 4. The van der Waals surface area contributed by atoms with Gasteiger partial charge in [-0.05, 0) is 43.2 Å². The fourth-order valence-corrected chi connectivity index (χ4v) is 2.75. The van der Waals surface area contributed by atoms with Gasteiger partial charge in [-0.25, -0.2) is 0 Å². The summed E-state index contributed by atoms with van der Waals surface area (Å²) in [6.07, 6.45) is 10.0. The van der Waals surface area contributed by atoms with Crippen LogP contribution < -0.4 is 0 Å². The van der Waals surface area contributed by atoms with Crippen LogP contribution in [0.15, 0.2) is 30.3 Å². The molecule has 6 nitrogen and oxygen atoms in total. The van der Waals surface area contributed by atoms with E-state index in [-0.39, 0.29) is 26.1 Å². The van der Waals surface area contributed by atoms with Crippen LogP contribution in [-0.2, 0) is 19.1 Å². The molecule has 0 atom stereocenters. The van der Waals surface area contributed by atoms with E-state index in [9.17, 15) is 9.59 Å². The largest absolute Gasteiger partial charge is 0.481 e. The van der Waals surface area contributed by atoms with Crippen LogP contribution in [0, 0.1) is 11.8 Å². The smallest absolute Gasteiger partial charge is 0.303 e. The highest BCUT2D eigenvalue weighted by Crippen LogP contribution is 2.12. The van der Waals surface area contributed by atoms with Gasteiger partial charge in [-0.2, -0.15) is 0 Å². The van der Waals surface area contributed by atoms with Crippen molar-refractivity contribution in [2.45, 2.75) is 71.0 Å². The molecule has 1 aromatic rings. The third kappa shape index (κ3) is 14.1. The van der Waals surface area contributed by atoms with E-state index in [4.69, 9.17) is 19.7 Å². The van der Waals surface area contributed by atoms with Crippen molar-refractivity contribution < 1.29 is 29.3 Å². The van der Waals surface area contributed by atoms with Crippen LogP contribution in [0.25, 0.3) is 6.08 Å². The summed E-state index contributed by atoms with van der Waals surface area (Å²) in [5.74, 6) is 4.27. The molecule has 1 aromatic carbocycles. The van der Waals surface area contributed by atoms with Gasteiger partial charge in [0.15, 0.2) is 0 Å². The Morgan fingerprint density at radius 1 is 0.968 bits per heavy atom. The Morgan fingerprint density at radius 3 is 2.23 bits per heavy atom. The van der Waals surface area contributed by atoms with Crippen LogP contribution in [0.2, 0.25) is 0 Å². The molecule has 0 heterocycles. The number of aliphatic carboxylic acids is 2. The second kappa shape index (κ2) is 17.1. The van der Waals surface area contributed by atoms with Crippen LogP contribution in [0.5, 0.6) is 0 Å². The van der Waals surface area contributed by atoms with E-state index in [1.165, 1.54) is 25.7 Å². The van der Waals surface area contributed by atoms with Crippen LogP contribution in [0.1, 0.15) is 75.8 Å². The van der Waals surface area contributed by atoms with Crippen LogP contribution in [0.3, 0.4) is 0 Å². The summed E-state index contributed by atoms with van der Waals surface area (Å²) in [5.41, 5.74) is 1.86. The second-order valence-electron chi connectivity index (χ2n) is 7.18. The maximum absolute atomic E-state index is 10.6. The molecule has 0 saturated heterocycles. The third-order valence-corrected chi connectivity index (χ3v) is 4.42. The van der Waals surface area contributed by atoms with Crippen molar-refractivity contribution >= 4 is 18.0 Å². The number of hydrogen-bond donors (Lipinski definition) is 2. The Kier molecular flexibility index (Phi) is 14.6. The summed E-state index contributed by atoms with van der Waals surface area (Å²) in [4.78, 5) is 21.3. The van der Waals surface area contributed by atoms with Gasteiger partial charge in [0.25, 0.3) is 0 Å². The standard InChI is InChI=1S/C25H34O6/c1-2-3-4-5-6-7-12-21-13-8-9-14-22(21)17-18-25(30-19-10-15-23(26)27)31-20-11-16-24(28)29/h7-9,12-14,25H,2-6,10-11,15-16,19-20H2,1H3,(H,26,27)(H,28,29). The van der Waals surface area contributed by atoms with Gasteiger partial charge >= 0.3 is 11.9 Å². The van der Waals surface area contributed by atoms with Crippen molar-refractivity contribution in [3.8, 4) is 11.8 Å². The Hall–Kier alpha value is -2.62. The molecule has 6 heteroatoms. The molecular weight excluding hydrogens is 396 g/mol. The van der Waals surface area contributed by atoms with Gasteiger partial charge in [-0.3, -0.25) is 9.59 Å². The molecule has 0 unspecified atom stereocenters. The molecule has 0 aliphatic carbocycles. The van der Waals surface area contributed by atoms with Crippen molar-refractivity contribution in [1.82, 2.24) is 0 Å². The van der Waals surface area contributed by atoms with E-state index < -0.39 is 18.2 Å². The van der Waals surface area contributed by atoms with Crippen molar-refractivity contribution in [3.05, 3.63) is 41.5 Å². The highest BCUT2D eigenvalue weighted by Gasteiger charge is 2.08. The van der Waals surface area contributed by atoms with Gasteiger partial charge in [0.2, 0.25) is 6.29 Å². The average molecular weight is 431 g/mol. The van der Waals surface area contributed by atoms with E-state index in [1.54, 1.807) is 0 Å². The number of ether oxygens (including phenoxy) is 2. The molecule has 0 aliphatic heterocycles. The minimum absolute atomic E-state index is 0.00501. The first-order valence-corrected chi connectivity index (χ1v) is 11.0. The molecule has 1 rings (SSSR count). The zero-order valence-corrected chi connectivity index (χ0v) is 18.3. The van der Waals surface area contributed by atoms with E-state index in [0.717, 1.165) is 17.5 Å².